The first-order valence-electron chi connectivity index (χ1n) is 4.31. The van der Waals surface area contributed by atoms with Crippen LogP contribution in [0.5, 0.6) is 11.5 Å². The summed E-state index contributed by atoms with van der Waals surface area (Å²) in [6, 6.07) is 4.24. The number of hydrogen-bond acceptors (Lipinski definition) is 4. The Bertz CT molecular complexity index is 354. The molecule has 16 heavy (non-hydrogen) atoms. The molecule has 0 atom stereocenters. The van der Waals surface area contributed by atoms with Crippen molar-refractivity contribution in [2.75, 3.05) is 18.9 Å². The van der Waals surface area contributed by atoms with Crippen molar-refractivity contribution >= 4 is 5.69 Å². The molecule has 0 heterocycles. The molecule has 0 aliphatic rings. The van der Waals surface area contributed by atoms with Crippen molar-refractivity contribution in [3.8, 4) is 11.5 Å². The van der Waals surface area contributed by atoms with Gasteiger partial charge in [0.2, 0.25) is 0 Å². The van der Waals surface area contributed by atoms with Gasteiger partial charge in [-0.2, -0.15) is 0 Å². The second kappa shape index (κ2) is 4.93. The van der Waals surface area contributed by atoms with Crippen molar-refractivity contribution < 1.29 is 27.8 Å². The largest absolute Gasteiger partial charge is 0.522 e. The van der Waals surface area contributed by atoms with Gasteiger partial charge in [-0.25, -0.2) is 0 Å². The zero-order chi connectivity index (χ0) is 12.2. The molecule has 0 spiro atoms. The van der Waals surface area contributed by atoms with Crippen molar-refractivity contribution in [1.29, 1.82) is 0 Å². The minimum absolute atomic E-state index is 0.0190. The Hall–Kier alpha value is -1.63. The van der Waals surface area contributed by atoms with Crippen LogP contribution in [-0.2, 0) is 4.74 Å². The lowest BCUT2D eigenvalue weighted by atomic mass is 10.3. The number of ether oxygens (including phenoxy) is 2. The van der Waals surface area contributed by atoms with Crippen molar-refractivity contribution in [3.63, 3.8) is 0 Å². The molecule has 3 N–H and O–H groups in total. The van der Waals surface area contributed by atoms with Crippen LogP contribution in [0.3, 0.4) is 0 Å². The SMILES string of the molecule is Nc1c(O)cccc1OCCOC(F)(F)F. The molecule has 0 aromatic heterocycles. The van der Waals surface area contributed by atoms with Crippen LogP contribution in [0.2, 0.25) is 0 Å². The number of halogens is 3. The summed E-state index contributed by atoms with van der Waals surface area (Å²) in [6.45, 7) is -0.953. The zero-order valence-electron chi connectivity index (χ0n) is 8.12. The van der Waals surface area contributed by atoms with Gasteiger partial charge in [0.25, 0.3) is 0 Å². The van der Waals surface area contributed by atoms with Crippen LogP contribution in [-0.4, -0.2) is 24.7 Å². The van der Waals surface area contributed by atoms with E-state index in [1.54, 1.807) is 0 Å². The minimum atomic E-state index is -4.67. The van der Waals surface area contributed by atoms with Gasteiger partial charge in [-0.3, -0.25) is 4.74 Å². The highest BCUT2D eigenvalue weighted by Crippen LogP contribution is 2.29. The molecular weight excluding hydrogens is 227 g/mol. The Morgan fingerprint density at radius 1 is 1.25 bits per heavy atom. The monoisotopic (exact) mass is 237 g/mol. The van der Waals surface area contributed by atoms with Crippen molar-refractivity contribution in [3.05, 3.63) is 18.2 Å². The number of nitrogens with two attached hydrogens (primary N) is 1. The van der Waals surface area contributed by atoms with Gasteiger partial charge in [-0.15, -0.1) is 13.2 Å². The van der Waals surface area contributed by atoms with Gasteiger partial charge in [0.1, 0.15) is 23.8 Å². The highest BCUT2D eigenvalue weighted by atomic mass is 19.4. The van der Waals surface area contributed by atoms with E-state index >= 15 is 0 Å². The fourth-order valence-electron chi connectivity index (χ4n) is 0.967. The number of benzene rings is 1. The van der Waals surface area contributed by atoms with Gasteiger partial charge in [-0.1, -0.05) is 6.07 Å². The highest BCUT2D eigenvalue weighted by Gasteiger charge is 2.28. The maximum absolute atomic E-state index is 11.6. The molecule has 7 heteroatoms. The first kappa shape index (κ1) is 12.4. The Morgan fingerprint density at radius 3 is 2.56 bits per heavy atom. The molecule has 0 unspecified atom stereocenters. The van der Waals surface area contributed by atoms with Crippen LogP contribution in [0.25, 0.3) is 0 Å². The van der Waals surface area contributed by atoms with Crippen LogP contribution < -0.4 is 10.5 Å². The van der Waals surface area contributed by atoms with Crippen LogP contribution in [0.15, 0.2) is 18.2 Å². The fraction of sp³-hybridized carbons (Fsp3) is 0.333. The summed E-state index contributed by atoms with van der Waals surface area (Å²) in [5.74, 6) is -0.0694. The summed E-state index contributed by atoms with van der Waals surface area (Å²) in [6.07, 6.45) is -4.67. The van der Waals surface area contributed by atoms with Crippen molar-refractivity contribution in [1.82, 2.24) is 0 Å². The van der Waals surface area contributed by atoms with Gasteiger partial charge in [0.05, 0.1) is 6.61 Å². The highest BCUT2D eigenvalue weighted by molar-refractivity contribution is 5.61. The van der Waals surface area contributed by atoms with E-state index in [1.807, 2.05) is 0 Å². The minimum Gasteiger partial charge on any atom is -0.506 e. The van der Waals surface area contributed by atoms with E-state index in [1.165, 1.54) is 18.2 Å². The van der Waals surface area contributed by atoms with Crippen LogP contribution >= 0.6 is 0 Å². The van der Waals surface area contributed by atoms with Crippen LogP contribution in [0.1, 0.15) is 0 Å². The summed E-state index contributed by atoms with van der Waals surface area (Å²) in [5.41, 5.74) is 5.39. The van der Waals surface area contributed by atoms with Gasteiger partial charge < -0.3 is 15.6 Å². The number of alkyl halides is 3. The summed E-state index contributed by atoms with van der Waals surface area (Å²) in [4.78, 5) is 0. The first-order valence-corrected chi connectivity index (χ1v) is 4.31. The quantitative estimate of drug-likeness (QED) is 0.477. The molecule has 0 fully saturated rings. The van der Waals surface area contributed by atoms with E-state index in [0.29, 0.717) is 0 Å². The van der Waals surface area contributed by atoms with Gasteiger partial charge in [-0.05, 0) is 12.1 Å². The summed E-state index contributed by atoms with van der Waals surface area (Å²) in [7, 11) is 0. The number of para-hydroxylation sites is 1. The van der Waals surface area contributed by atoms with E-state index in [-0.39, 0.29) is 23.8 Å². The van der Waals surface area contributed by atoms with E-state index < -0.39 is 13.0 Å². The van der Waals surface area contributed by atoms with E-state index in [2.05, 4.69) is 4.74 Å². The maximum Gasteiger partial charge on any atom is 0.522 e. The second-order valence-corrected chi connectivity index (χ2v) is 2.83. The van der Waals surface area contributed by atoms with E-state index in [9.17, 15) is 13.2 Å². The maximum atomic E-state index is 11.6. The molecule has 90 valence electrons. The normalized spacial score (nSPS) is 11.4. The molecule has 0 aliphatic carbocycles. The fourth-order valence-corrected chi connectivity index (χ4v) is 0.967. The Kier molecular flexibility index (Phi) is 3.83. The zero-order valence-corrected chi connectivity index (χ0v) is 8.12. The lowest BCUT2D eigenvalue weighted by Crippen LogP contribution is -2.18. The average Bonchev–Trinajstić information content (AvgIpc) is 2.17. The van der Waals surface area contributed by atoms with Crippen molar-refractivity contribution in [2.45, 2.75) is 6.36 Å². The third-order valence-electron chi connectivity index (χ3n) is 1.65. The number of hydrogen-bond donors (Lipinski definition) is 2. The lowest BCUT2D eigenvalue weighted by molar-refractivity contribution is -0.325. The summed E-state index contributed by atoms with van der Waals surface area (Å²) >= 11 is 0. The molecular formula is C9H10F3NO3. The number of nitrogen functional groups attached to an aromatic ring is 1. The second-order valence-electron chi connectivity index (χ2n) is 2.83. The van der Waals surface area contributed by atoms with Crippen LogP contribution in [0, 0.1) is 0 Å². The van der Waals surface area contributed by atoms with E-state index in [0.717, 1.165) is 0 Å². The number of phenols is 1. The molecule has 0 aliphatic heterocycles. The molecule has 0 saturated heterocycles. The lowest BCUT2D eigenvalue weighted by Gasteiger charge is -2.10. The molecule has 0 amide bonds. The smallest absolute Gasteiger partial charge is 0.506 e. The third kappa shape index (κ3) is 3.85. The molecule has 1 aromatic carbocycles. The van der Waals surface area contributed by atoms with Crippen LogP contribution in [0.4, 0.5) is 18.9 Å². The van der Waals surface area contributed by atoms with E-state index in [4.69, 9.17) is 15.6 Å². The van der Waals surface area contributed by atoms with Crippen molar-refractivity contribution in [2.24, 2.45) is 0 Å². The van der Waals surface area contributed by atoms with Gasteiger partial charge in [0.15, 0.2) is 0 Å². The number of aromatic hydroxyl groups is 1. The number of rotatable bonds is 4. The third-order valence-corrected chi connectivity index (χ3v) is 1.65. The Morgan fingerprint density at radius 2 is 1.94 bits per heavy atom. The predicted octanol–water partition coefficient (Wildman–Crippen LogP) is 1.89. The molecule has 1 rings (SSSR count). The van der Waals surface area contributed by atoms with Gasteiger partial charge >= 0.3 is 6.36 Å². The molecule has 0 radical (unpaired) electrons. The standard InChI is InChI=1S/C9H10F3NO3/c10-9(11,12)16-5-4-15-7-3-1-2-6(14)8(7)13/h1-3,14H,4-5,13H2. The predicted molar refractivity (Wildman–Crippen MR) is 50.0 cm³/mol. The summed E-state index contributed by atoms with van der Waals surface area (Å²) in [5, 5.41) is 9.17. The number of phenolic OH excluding ortho intramolecular Hbond substituents is 1. The number of anilines is 1. The Labute approximate surface area is 89.4 Å². The average molecular weight is 237 g/mol. The first-order chi connectivity index (χ1) is 7.40. The summed E-state index contributed by atoms with van der Waals surface area (Å²) < 4.78 is 43.1. The molecule has 1 aromatic rings. The molecule has 0 bridgehead atoms. The molecule has 0 saturated carbocycles. The topological polar surface area (TPSA) is 64.7 Å². The Balaban J connectivity index is 2.41. The molecule has 4 nitrogen and oxygen atoms in total. The van der Waals surface area contributed by atoms with Gasteiger partial charge in [0, 0.05) is 0 Å².